The molecule has 2 unspecified atom stereocenters. The van der Waals surface area contributed by atoms with E-state index in [1.807, 2.05) is 6.92 Å². The summed E-state index contributed by atoms with van der Waals surface area (Å²) < 4.78 is 30.4. The van der Waals surface area contributed by atoms with Crippen molar-refractivity contribution >= 4 is 0 Å². The molecule has 0 aromatic rings. The Balaban J connectivity index is 1.74. The summed E-state index contributed by atoms with van der Waals surface area (Å²) in [5, 5.41) is 0. The molecule has 1 saturated carbocycles. The van der Waals surface area contributed by atoms with Crippen LogP contribution in [-0.4, -0.2) is 29.6 Å². The van der Waals surface area contributed by atoms with E-state index in [1.165, 1.54) is 6.42 Å². The number of hydrogen-bond acceptors (Lipinski definition) is 2. The number of hydrogen-bond donors (Lipinski definition) is 0. The van der Waals surface area contributed by atoms with Gasteiger partial charge in [-0.25, -0.2) is 0 Å². The summed E-state index contributed by atoms with van der Waals surface area (Å²) in [6.45, 7) is 6.96. The van der Waals surface area contributed by atoms with Crippen LogP contribution in [0.3, 0.4) is 0 Å². The first-order valence-electron chi connectivity index (χ1n) is 6.58. The SMILES string of the molecule is C=C(C)OC[C@]12CC3CC3N1C[C@@H](C=C(F)F)C2. The van der Waals surface area contributed by atoms with Gasteiger partial charge in [0.1, 0.15) is 6.61 Å². The Hall–Kier alpha value is -0.900. The maximum absolute atomic E-state index is 12.4. The van der Waals surface area contributed by atoms with Crippen LogP contribution in [-0.2, 0) is 4.74 Å². The lowest BCUT2D eigenvalue weighted by molar-refractivity contribution is 0.0577. The second kappa shape index (κ2) is 4.05. The van der Waals surface area contributed by atoms with Gasteiger partial charge in [0.15, 0.2) is 0 Å². The van der Waals surface area contributed by atoms with E-state index in [0.717, 1.165) is 31.4 Å². The van der Waals surface area contributed by atoms with E-state index in [9.17, 15) is 8.78 Å². The van der Waals surface area contributed by atoms with E-state index in [2.05, 4.69) is 11.5 Å². The number of piperidine rings is 1. The summed E-state index contributed by atoms with van der Waals surface area (Å²) >= 11 is 0. The zero-order chi connectivity index (χ0) is 12.9. The van der Waals surface area contributed by atoms with Crippen LogP contribution in [0, 0.1) is 11.8 Å². The van der Waals surface area contributed by atoms with Gasteiger partial charge in [-0.05, 0) is 44.1 Å². The Kier molecular flexibility index (Phi) is 2.73. The van der Waals surface area contributed by atoms with Gasteiger partial charge in [0, 0.05) is 12.6 Å². The monoisotopic (exact) mass is 255 g/mol. The summed E-state index contributed by atoms with van der Waals surface area (Å²) in [4.78, 5) is 2.42. The largest absolute Gasteiger partial charge is 0.497 e. The third kappa shape index (κ3) is 1.96. The molecule has 2 nitrogen and oxygen atoms in total. The van der Waals surface area contributed by atoms with E-state index in [1.54, 1.807) is 0 Å². The molecule has 2 heterocycles. The van der Waals surface area contributed by atoms with Gasteiger partial charge >= 0.3 is 0 Å². The van der Waals surface area contributed by atoms with E-state index >= 15 is 0 Å². The van der Waals surface area contributed by atoms with Crippen molar-refractivity contribution in [3.05, 3.63) is 24.5 Å². The molecule has 4 atom stereocenters. The van der Waals surface area contributed by atoms with Gasteiger partial charge in [-0.2, -0.15) is 8.78 Å². The highest BCUT2D eigenvalue weighted by Crippen LogP contribution is 2.58. The summed E-state index contributed by atoms with van der Waals surface area (Å²) in [5.74, 6) is 1.46. The Morgan fingerprint density at radius 2 is 2.28 bits per heavy atom. The second-order valence-electron chi connectivity index (χ2n) is 6.06. The number of halogens is 2. The predicted octanol–water partition coefficient (Wildman–Crippen LogP) is 3.17. The van der Waals surface area contributed by atoms with Gasteiger partial charge in [-0.15, -0.1) is 0 Å². The molecule has 4 heteroatoms. The van der Waals surface area contributed by atoms with Crippen LogP contribution in [0.5, 0.6) is 0 Å². The molecular formula is C14H19F2NO. The average molecular weight is 255 g/mol. The number of rotatable bonds is 4. The molecule has 1 aliphatic carbocycles. The first-order chi connectivity index (χ1) is 8.50. The lowest BCUT2D eigenvalue weighted by Gasteiger charge is -2.34. The highest BCUT2D eigenvalue weighted by molar-refractivity contribution is 5.19. The van der Waals surface area contributed by atoms with E-state index in [4.69, 9.17) is 4.74 Å². The van der Waals surface area contributed by atoms with Crippen molar-refractivity contribution in [3.63, 3.8) is 0 Å². The van der Waals surface area contributed by atoms with Crippen molar-refractivity contribution in [2.24, 2.45) is 11.8 Å². The molecule has 0 N–H and O–H groups in total. The van der Waals surface area contributed by atoms with Crippen LogP contribution in [0.1, 0.15) is 26.2 Å². The third-order valence-electron chi connectivity index (χ3n) is 4.56. The third-order valence-corrected chi connectivity index (χ3v) is 4.56. The molecule has 100 valence electrons. The van der Waals surface area contributed by atoms with Gasteiger partial charge in [0.2, 0.25) is 0 Å². The topological polar surface area (TPSA) is 12.5 Å². The summed E-state index contributed by atoms with van der Waals surface area (Å²) in [7, 11) is 0. The standard InChI is InChI=1S/C14H19F2NO/c1-9(2)18-8-14-5-10(3-13(15)16)7-17(14)12-4-11(12)6-14/h3,10-12H,1,4-8H2,2H3/t10-,11?,12?,14-/m0/s1. The fourth-order valence-electron chi connectivity index (χ4n) is 3.87. The predicted molar refractivity (Wildman–Crippen MR) is 65.1 cm³/mol. The summed E-state index contributed by atoms with van der Waals surface area (Å²) in [6.07, 6.45) is 2.71. The minimum Gasteiger partial charge on any atom is -0.497 e. The second-order valence-corrected chi connectivity index (χ2v) is 6.06. The quantitative estimate of drug-likeness (QED) is 0.715. The lowest BCUT2D eigenvalue weighted by Crippen LogP contribution is -2.44. The van der Waals surface area contributed by atoms with Gasteiger partial charge in [0.25, 0.3) is 6.08 Å². The molecule has 3 aliphatic rings. The fraction of sp³-hybridized carbons (Fsp3) is 0.714. The Morgan fingerprint density at radius 3 is 2.94 bits per heavy atom. The van der Waals surface area contributed by atoms with E-state index in [-0.39, 0.29) is 11.5 Å². The van der Waals surface area contributed by atoms with Crippen molar-refractivity contribution in [1.29, 1.82) is 0 Å². The van der Waals surface area contributed by atoms with Crippen molar-refractivity contribution in [2.75, 3.05) is 13.2 Å². The molecule has 0 spiro atoms. The fourth-order valence-corrected chi connectivity index (χ4v) is 3.87. The normalized spacial score (nSPS) is 41.2. The van der Waals surface area contributed by atoms with Gasteiger partial charge in [0.05, 0.1) is 11.3 Å². The molecular weight excluding hydrogens is 236 g/mol. The average Bonchev–Trinajstić information content (AvgIpc) is 2.80. The number of nitrogens with zero attached hydrogens (tertiary/aromatic N) is 1. The number of ether oxygens (including phenoxy) is 1. The van der Waals surface area contributed by atoms with Crippen LogP contribution < -0.4 is 0 Å². The van der Waals surface area contributed by atoms with Crippen molar-refractivity contribution < 1.29 is 13.5 Å². The zero-order valence-electron chi connectivity index (χ0n) is 10.7. The molecule has 0 radical (unpaired) electrons. The molecule has 2 aliphatic heterocycles. The Bertz CT molecular complexity index is 405. The first-order valence-corrected chi connectivity index (χ1v) is 6.58. The Labute approximate surface area is 106 Å². The van der Waals surface area contributed by atoms with Crippen LogP contribution in [0.25, 0.3) is 0 Å². The van der Waals surface area contributed by atoms with Crippen LogP contribution in [0.2, 0.25) is 0 Å². The summed E-state index contributed by atoms with van der Waals surface area (Å²) in [5.41, 5.74) is -0.0108. The maximum atomic E-state index is 12.4. The van der Waals surface area contributed by atoms with Crippen LogP contribution in [0.4, 0.5) is 8.78 Å². The van der Waals surface area contributed by atoms with E-state index in [0.29, 0.717) is 18.4 Å². The molecule has 0 bridgehead atoms. The molecule has 0 aromatic carbocycles. The van der Waals surface area contributed by atoms with Crippen LogP contribution in [0.15, 0.2) is 24.5 Å². The maximum Gasteiger partial charge on any atom is 0.266 e. The van der Waals surface area contributed by atoms with Gasteiger partial charge < -0.3 is 4.74 Å². The Morgan fingerprint density at radius 1 is 1.50 bits per heavy atom. The molecule has 3 fully saturated rings. The molecule has 0 aromatic heterocycles. The van der Waals surface area contributed by atoms with Crippen molar-refractivity contribution in [1.82, 2.24) is 4.90 Å². The zero-order valence-corrected chi connectivity index (χ0v) is 10.7. The first kappa shape index (κ1) is 12.2. The minimum absolute atomic E-state index is 0.0108. The highest BCUT2D eigenvalue weighted by Gasteiger charge is 2.63. The number of fused-ring (bicyclic) bond motifs is 3. The minimum atomic E-state index is -1.55. The van der Waals surface area contributed by atoms with E-state index < -0.39 is 6.08 Å². The lowest BCUT2D eigenvalue weighted by atomic mass is 9.89. The van der Waals surface area contributed by atoms with Crippen LogP contribution >= 0.6 is 0 Å². The molecule has 0 amide bonds. The van der Waals surface area contributed by atoms with Crippen molar-refractivity contribution in [3.8, 4) is 0 Å². The van der Waals surface area contributed by atoms with Gasteiger partial charge in [-0.3, -0.25) is 4.90 Å². The molecule has 18 heavy (non-hydrogen) atoms. The smallest absolute Gasteiger partial charge is 0.266 e. The molecule has 3 rings (SSSR count). The van der Waals surface area contributed by atoms with Gasteiger partial charge in [-0.1, -0.05) is 6.58 Å². The number of allylic oxidation sites excluding steroid dienone is 1. The van der Waals surface area contributed by atoms with Crippen molar-refractivity contribution in [2.45, 2.75) is 37.8 Å². The highest BCUT2D eigenvalue weighted by atomic mass is 19.3. The summed E-state index contributed by atoms with van der Waals surface area (Å²) in [6, 6.07) is 0.625. The molecule has 2 saturated heterocycles.